The first kappa shape index (κ1) is 19.3. The van der Waals surface area contributed by atoms with Crippen LogP contribution in [0.4, 0.5) is 0 Å². The average molecular weight is 381 g/mol. The smallest absolute Gasteiger partial charge is 0.243 e. The van der Waals surface area contributed by atoms with Crippen LogP contribution in [-0.4, -0.2) is 51.0 Å². The van der Waals surface area contributed by atoms with E-state index in [1.165, 1.54) is 4.31 Å². The van der Waals surface area contributed by atoms with Crippen molar-refractivity contribution in [3.05, 3.63) is 29.8 Å². The second-order valence-electron chi connectivity index (χ2n) is 7.21. The number of amides is 1. The summed E-state index contributed by atoms with van der Waals surface area (Å²) in [6.07, 6.45) is 4.44. The molecule has 2 aliphatic heterocycles. The molecule has 2 aliphatic rings. The van der Waals surface area contributed by atoms with Gasteiger partial charge in [-0.05, 0) is 51.2 Å². The number of ether oxygens (including phenoxy) is 1. The number of carbonyl (C=O) groups excluding carboxylic acids is 1. The summed E-state index contributed by atoms with van der Waals surface area (Å²) in [6.45, 7) is 4.16. The Kier molecular flexibility index (Phi) is 6.32. The van der Waals surface area contributed by atoms with Crippen molar-refractivity contribution in [1.29, 1.82) is 0 Å². The van der Waals surface area contributed by atoms with Crippen molar-refractivity contribution in [2.75, 3.05) is 26.2 Å². The van der Waals surface area contributed by atoms with E-state index >= 15 is 0 Å². The third-order valence-electron chi connectivity index (χ3n) is 5.27. The average Bonchev–Trinajstić information content (AvgIpc) is 3.15. The monoisotopic (exact) mass is 380 g/mol. The Labute approximate surface area is 156 Å². The molecule has 144 valence electrons. The van der Waals surface area contributed by atoms with Crippen molar-refractivity contribution in [2.24, 2.45) is 5.92 Å². The molecular formula is C19H28N2O4S. The fourth-order valence-corrected chi connectivity index (χ4v) is 5.06. The number of nitrogens with zero attached hydrogens (tertiary/aromatic N) is 1. The Balaban J connectivity index is 1.47. The molecule has 3 rings (SSSR count). The second kappa shape index (κ2) is 8.50. The summed E-state index contributed by atoms with van der Waals surface area (Å²) in [5.74, 6) is -0.0701. The van der Waals surface area contributed by atoms with E-state index in [9.17, 15) is 13.2 Å². The molecule has 7 heteroatoms. The van der Waals surface area contributed by atoms with Crippen molar-refractivity contribution in [2.45, 2.75) is 50.0 Å². The highest BCUT2D eigenvalue weighted by molar-refractivity contribution is 7.89. The van der Waals surface area contributed by atoms with E-state index in [-0.39, 0.29) is 17.9 Å². The first-order chi connectivity index (χ1) is 12.5. The number of aryl methyl sites for hydroxylation is 1. The van der Waals surface area contributed by atoms with Crippen molar-refractivity contribution in [1.82, 2.24) is 9.62 Å². The largest absolute Gasteiger partial charge is 0.378 e. The van der Waals surface area contributed by atoms with Gasteiger partial charge in [0, 0.05) is 32.2 Å². The van der Waals surface area contributed by atoms with Crippen LogP contribution in [0.2, 0.25) is 0 Å². The lowest BCUT2D eigenvalue weighted by Crippen LogP contribution is -2.43. The van der Waals surface area contributed by atoms with Gasteiger partial charge in [0.05, 0.1) is 11.0 Å². The first-order valence-electron chi connectivity index (χ1n) is 9.43. The highest BCUT2D eigenvalue weighted by Crippen LogP contribution is 2.24. The molecule has 1 aromatic rings. The number of hydrogen-bond donors (Lipinski definition) is 1. The fourth-order valence-electron chi connectivity index (χ4n) is 3.59. The minimum absolute atomic E-state index is 0.0374. The summed E-state index contributed by atoms with van der Waals surface area (Å²) in [5, 5.41) is 2.98. The number of nitrogens with one attached hydrogen (secondary N) is 1. The molecule has 0 aliphatic carbocycles. The second-order valence-corrected chi connectivity index (χ2v) is 9.14. The van der Waals surface area contributed by atoms with Crippen molar-refractivity contribution < 1.29 is 17.9 Å². The predicted molar refractivity (Wildman–Crippen MR) is 99.3 cm³/mol. The van der Waals surface area contributed by atoms with Gasteiger partial charge in [-0.2, -0.15) is 4.31 Å². The van der Waals surface area contributed by atoms with Gasteiger partial charge in [0.2, 0.25) is 15.9 Å². The number of carbonyl (C=O) groups is 1. The Morgan fingerprint density at radius 1 is 1.19 bits per heavy atom. The standard InChI is InChI=1S/C19H28N2O4S/c1-15-4-6-18(7-5-15)26(23,24)21-12-9-16(10-13-21)19(22)20-11-8-17-3-2-14-25-17/h4-7,16-17H,2-3,8-14H2,1H3,(H,20,22)/t17-/m0/s1. The van der Waals surface area contributed by atoms with Gasteiger partial charge in [0.15, 0.2) is 0 Å². The summed E-state index contributed by atoms with van der Waals surface area (Å²) in [7, 11) is -3.47. The molecule has 2 fully saturated rings. The summed E-state index contributed by atoms with van der Waals surface area (Å²) >= 11 is 0. The lowest BCUT2D eigenvalue weighted by molar-refractivity contribution is -0.126. The van der Waals surface area contributed by atoms with Gasteiger partial charge in [-0.15, -0.1) is 0 Å². The van der Waals surface area contributed by atoms with E-state index in [1.807, 2.05) is 6.92 Å². The Morgan fingerprint density at radius 3 is 2.50 bits per heavy atom. The van der Waals surface area contributed by atoms with Crippen LogP contribution in [0.25, 0.3) is 0 Å². The van der Waals surface area contributed by atoms with Gasteiger partial charge >= 0.3 is 0 Å². The number of benzene rings is 1. The maximum atomic E-state index is 12.7. The molecule has 0 spiro atoms. The molecule has 26 heavy (non-hydrogen) atoms. The lowest BCUT2D eigenvalue weighted by Gasteiger charge is -2.30. The predicted octanol–water partition coefficient (Wildman–Crippen LogP) is 2.08. The maximum Gasteiger partial charge on any atom is 0.243 e. The van der Waals surface area contributed by atoms with Crippen LogP contribution in [-0.2, 0) is 19.6 Å². The molecule has 1 N–H and O–H groups in total. The third-order valence-corrected chi connectivity index (χ3v) is 7.19. The van der Waals surface area contributed by atoms with Gasteiger partial charge in [-0.1, -0.05) is 17.7 Å². The zero-order valence-corrected chi connectivity index (χ0v) is 16.1. The molecule has 1 aromatic carbocycles. The van der Waals surface area contributed by atoms with Crippen molar-refractivity contribution in [3.63, 3.8) is 0 Å². The van der Waals surface area contributed by atoms with Crippen LogP contribution >= 0.6 is 0 Å². The number of piperidine rings is 1. The van der Waals surface area contributed by atoms with E-state index in [1.54, 1.807) is 24.3 Å². The van der Waals surface area contributed by atoms with E-state index in [0.29, 0.717) is 37.4 Å². The highest BCUT2D eigenvalue weighted by Gasteiger charge is 2.32. The normalized spacial score (nSPS) is 22.4. The molecule has 2 heterocycles. The van der Waals surface area contributed by atoms with Gasteiger partial charge in [-0.3, -0.25) is 4.79 Å². The molecule has 0 bridgehead atoms. The van der Waals surface area contributed by atoms with E-state index in [0.717, 1.165) is 31.4 Å². The van der Waals surface area contributed by atoms with Gasteiger partial charge in [0.25, 0.3) is 0 Å². The minimum atomic E-state index is -3.47. The van der Waals surface area contributed by atoms with Crippen LogP contribution < -0.4 is 5.32 Å². The van der Waals surface area contributed by atoms with Crippen molar-refractivity contribution >= 4 is 15.9 Å². The number of hydrogen-bond acceptors (Lipinski definition) is 4. The molecular weight excluding hydrogens is 352 g/mol. The minimum Gasteiger partial charge on any atom is -0.378 e. The van der Waals surface area contributed by atoms with Crippen LogP contribution in [0.1, 0.15) is 37.7 Å². The van der Waals surface area contributed by atoms with Gasteiger partial charge < -0.3 is 10.1 Å². The summed E-state index contributed by atoms with van der Waals surface area (Å²) in [5.41, 5.74) is 1.03. The molecule has 6 nitrogen and oxygen atoms in total. The van der Waals surface area contributed by atoms with E-state index in [4.69, 9.17) is 4.74 Å². The Bertz CT molecular complexity index is 704. The highest BCUT2D eigenvalue weighted by atomic mass is 32.2. The first-order valence-corrected chi connectivity index (χ1v) is 10.9. The molecule has 0 radical (unpaired) electrons. The molecule has 0 saturated carbocycles. The van der Waals surface area contributed by atoms with Gasteiger partial charge in [-0.25, -0.2) is 8.42 Å². The van der Waals surface area contributed by atoms with Crippen LogP contribution in [0.5, 0.6) is 0 Å². The quantitative estimate of drug-likeness (QED) is 0.820. The third kappa shape index (κ3) is 4.64. The maximum absolute atomic E-state index is 12.7. The zero-order chi connectivity index (χ0) is 18.6. The van der Waals surface area contributed by atoms with Gasteiger partial charge in [0.1, 0.15) is 0 Å². The van der Waals surface area contributed by atoms with E-state index in [2.05, 4.69) is 5.32 Å². The molecule has 0 unspecified atom stereocenters. The Hall–Kier alpha value is -1.44. The fraction of sp³-hybridized carbons (Fsp3) is 0.632. The molecule has 2 saturated heterocycles. The molecule has 1 atom stereocenters. The van der Waals surface area contributed by atoms with E-state index < -0.39 is 10.0 Å². The zero-order valence-electron chi connectivity index (χ0n) is 15.3. The summed E-state index contributed by atoms with van der Waals surface area (Å²) in [4.78, 5) is 12.6. The van der Waals surface area contributed by atoms with Crippen LogP contribution in [0.3, 0.4) is 0 Å². The topological polar surface area (TPSA) is 75.7 Å². The lowest BCUT2D eigenvalue weighted by atomic mass is 9.97. The number of rotatable bonds is 6. The van der Waals surface area contributed by atoms with Crippen LogP contribution in [0.15, 0.2) is 29.2 Å². The molecule has 0 aromatic heterocycles. The summed E-state index contributed by atoms with van der Waals surface area (Å²) in [6, 6.07) is 6.91. The summed E-state index contributed by atoms with van der Waals surface area (Å²) < 4.78 is 32.5. The molecule has 1 amide bonds. The Morgan fingerprint density at radius 2 is 1.88 bits per heavy atom. The van der Waals surface area contributed by atoms with Crippen molar-refractivity contribution in [3.8, 4) is 0 Å². The van der Waals surface area contributed by atoms with Crippen LogP contribution in [0, 0.1) is 12.8 Å². The SMILES string of the molecule is Cc1ccc(S(=O)(=O)N2CCC(C(=O)NCC[C@@H]3CCCO3)CC2)cc1. The number of sulfonamides is 1.